The second kappa shape index (κ2) is 9.98. The number of carbonyl (C=O) groups is 2. The summed E-state index contributed by atoms with van der Waals surface area (Å²) >= 11 is 7.53. The minimum Gasteiger partial charge on any atom is -0.322 e. The fourth-order valence-electron chi connectivity index (χ4n) is 4.23. The van der Waals surface area contributed by atoms with Crippen LogP contribution in [0.15, 0.2) is 102 Å². The fourth-order valence-corrected chi connectivity index (χ4v) is 5.41. The Morgan fingerprint density at radius 1 is 0.857 bits per heavy atom. The maximum Gasteiger partial charge on any atom is 0.255 e. The van der Waals surface area contributed by atoms with Crippen molar-refractivity contribution in [1.29, 1.82) is 0 Å². The Balaban J connectivity index is 1.36. The Bertz CT molecular complexity index is 1490. The molecule has 0 bridgehead atoms. The fraction of sp³-hybridized carbons (Fsp3) is 0.103. The standard InChI is InChI=1S/C29H23ClN2O2S/c1-2-27(29(34)32-25-12-5-3-10-23(25)24-11-4-6-13-26(24)32)35-22-16-14-21(15-17-22)31-28(33)19-8-7-9-20(30)18-19/h3-18,27H,2H2,1H3,(H,31,33). The molecular weight excluding hydrogens is 476 g/mol. The van der Waals surface area contributed by atoms with Gasteiger partial charge < -0.3 is 5.32 Å². The van der Waals surface area contributed by atoms with E-state index in [1.807, 2.05) is 72.2 Å². The lowest BCUT2D eigenvalue weighted by Crippen LogP contribution is -2.23. The van der Waals surface area contributed by atoms with Crippen LogP contribution in [-0.2, 0) is 0 Å². The van der Waals surface area contributed by atoms with Crippen molar-refractivity contribution in [2.45, 2.75) is 23.5 Å². The third-order valence-electron chi connectivity index (χ3n) is 5.92. The summed E-state index contributed by atoms with van der Waals surface area (Å²) in [5.41, 5.74) is 3.04. The van der Waals surface area contributed by atoms with Crippen LogP contribution in [0.25, 0.3) is 21.8 Å². The third kappa shape index (κ3) is 4.70. The van der Waals surface area contributed by atoms with Gasteiger partial charge in [0.25, 0.3) is 5.91 Å². The number of nitrogens with one attached hydrogen (secondary N) is 1. The third-order valence-corrected chi connectivity index (χ3v) is 7.52. The Morgan fingerprint density at radius 2 is 1.49 bits per heavy atom. The van der Waals surface area contributed by atoms with Crippen molar-refractivity contribution in [3.05, 3.63) is 108 Å². The molecule has 0 aliphatic carbocycles. The molecule has 174 valence electrons. The van der Waals surface area contributed by atoms with Gasteiger partial charge in [-0.1, -0.05) is 61.0 Å². The molecule has 0 radical (unpaired) electrons. The average Bonchev–Trinajstić information content (AvgIpc) is 3.22. The number of hydrogen-bond donors (Lipinski definition) is 1. The number of rotatable bonds is 6. The molecule has 5 rings (SSSR count). The minimum absolute atomic E-state index is 0.0632. The van der Waals surface area contributed by atoms with E-state index in [-0.39, 0.29) is 17.1 Å². The van der Waals surface area contributed by atoms with Crippen molar-refractivity contribution in [3.63, 3.8) is 0 Å². The van der Waals surface area contributed by atoms with E-state index < -0.39 is 0 Å². The number of carbonyl (C=O) groups excluding carboxylic acids is 2. The van der Waals surface area contributed by atoms with Crippen LogP contribution in [0.2, 0.25) is 5.02 Å². The molecule has 1 atom stereocenters. The van der Waals surface area contributed by atoms with E-state index in [2.05, 4.69) is 17.4 Å². The van der Waals surface area contributed by atoms with Gasteiger partial charge >= 0.3 is 0 Å². The molecule has 0 saturated heterocycles. The number of fused-ring (bicyclic) bond motifs is 3. The first-order valence-corrected chi connectivity index (χ1v) is 12.7. The number of hydrogen-bond acceptors (Lipinski definition) is 3. The van der Waals surface area contributed by atoms with Crippen molar-refractivity contribution in [2.75, 3.05) is 5.32 Å². The van der Waals surface area contributed by atoms with E-state index in [1.54, 1.807) is 24.3 Å². The Labute approximate surface area is 212 Å². The summed E-state index contributed by atoms with van der Waals surface area (Å²) in [6.07, 6.45) is 0.692. The summed E-state index contributed by atoms with van der Waals surface area (Å²) < 4.78 is 1.85. The Kier molecular flexibility index (Phi) is 6.62. The Morgan fingerprint density at radius 3 is 2.09 bits per heavy atom. The zero-order valence-corrected chi connectivity index (χ0v) is 20.6. The highest BCUT2D eigenvalue weighted by Crippen LogP contribution is 2.33. The summed E-state index contributed by atoms with van der Waals surface area (Å²) in [4.78, 5) is 27.2. The van der Waals surface area contributed by atoms with Gasteiger partial charge in [0.15, 0.2) is 0 Å². The van der Waals surface area contributed by atoms with Crippen LogP contribution in [-0.4, -0.2) is 21.6 Å². The molecule has 1 N–H and O–H groups in total. The van der Waals surface area contributed by atoms with Gasteiger partial charge in [-0.3, -0.25) is 14.2 Å². The monoisotopic (exact) mass is 498 g/mol. The van der Waals surface area contributed by atoms with E-state index in [0.717, 1.165) is 26.7 Å². The van der Waals surface area contributed by atoms with Crippen molar-refractivity contribution in [3.8, 4) is 0 Å². The molecule has 5 aromatic rings. The van der Waals surface area contributed by atoms with Gasteiger partial charge in [-0.05, 0) is 61.0 Å². The predicted octanol–water partition coefficient (Wildman–Crippen LogP) is 7.91. The molecular formula is C29H23ClN2O2S. The van der Waals surface area contributed by atoms with E-state index in [9.17, 15) is 9.59 Å². The number of halogens is 1. The molecule has 35 heavy (non-hydrogen) atoms. The molecule has 0 fully saturated rings. The number of amides is 1. The van der Waals surface area contributed by atoms with Crippen LogP contribution in [0, 0.1) is 0 Å². The first-order valence-electron chi connectivity index (χ1n) is 11.4. The van der Waals surface area contributed by atoms with E-state index >= 15 is 0 Å². The highest BCUT2D eigenvalue weighted by molar-refractivity contribution is 8.00. The number of thioether (sulfide) groups is 1. The van der Waals surface area contributed by atoms with E-state index in [4.69, 9.17) is 11.6 Å². The molecule has 0 spiro atoms. The highest BCUT2D eigenvalue weighted by atomic mass is 35.5. The molecule has 0 aliphatic rings. The molecule has 1 heterocycles. The van der Waals surface area contributed by atoms with Crippen molar-refractivity contribution in [2.24, 2.45) is 0 Å². The summed E-state index contributed by atoms with van der Waals surface area (Å²) in [7, 11) is 0. The largest absolute Gasteiger partial charge is 0.322 e. The zero-order chi connectivity index (χ0) is 24.4. The number of para-hydroxylation sites is 2. The summed E-state index contributed by atoms with van der Waals surface area (Å²) in [5, 5.41) is 5.31. The van der Waals surface area contributed by atoms with Crippen LogP contribution in [0.1, 0.15) is 28.5 Å². The van der Waals surface area contributed by atoms with Crippen molar-refractivity contribution in [1.82, 2.24) is 4.57 Å². The van der Waals surface area contributed by atoms with Crippen LogP contribution in [0.3, 0.4) is 0 Å². The quantitative estimate of drug-likeness (QED) is 0.242. The smallest absolute Gasteiger partial charge is 0.255 e. The summed E-state index contributed by atoms with van der Waals surface area (Å²) in [5.74, 6) is -0.158. The van der Waals surface area contributed by atoms with Crippen LogP contribution in [0.5, 0.6) is 0 Å². The van der Waals surface area contributed by atoms with Crippen LogP contribution in [0.4, 0.5) is 5.69 Å². The molecule has 1 aromatic heterocycles. The van der Waals surface area contributed by atoms with Gasteiger partial charge in [0.2, 0.25) is 5.91 Å². The highest BCUT2D eigenvalue weighted by Gasteiger charge is 2.23. The summed E-state index contributed by atoms with van der Waals surface area (Å²) in [6, 6.07) is 30.5. The lowest BCUT2D eigenvalue weighted by molar-refractivity contribution is 0.0918. The average molecular weight is 499 g/mol. The topological polar surface area (TPSA) is 51.1 Å². The SMILES string of the molecule is CCC(Sc1ccc(NC(=O)c2cccc(Cl)c2)cc1)C(=O)n1c2ccccc2c2ccccc21. The second-order valence-corrected chi connectivity index (χ2v) is 9.92. The molecule has 1 amide bonds. The van der Waals surface area contributed by atoms with Gasteiger partial charge in [0.05, 0.1) is 16.3 Å². The van der Waals surface area contributed by atoms with Crippen molar-refractivity contribution >= 4 is 62.7 Å². The zero-order valence-electron chi connectivity index (χ0n) is 19.1. The van der Waals surface area contributed by atoms with Gasteiger partial charge in [-0.25, -0.2) is 0 Å². The minimum atomic E-state index is -0.249. The van der Waals surface area contributed by atoms with Gasteiger partial charge in [0.1, 0.15) is 0 Å². The van der Waals surface area contributed by atoms with Gasteiger partial charge in [-0.15, -0.1) is 11.8 Å². The number of aromatic nitrogens is 1. The second-order valence-electron chi connectivity index (χ2n) is 8.21. The Hall–Kier alpha value is -3.54. The normalized spacial score (nSPS) is 12.1. The lowest BCUT2D eigenvalue weighted by atomic mass is 10.2. The van der Waals surface area contributed by atoms with Crippen molar-refractivity contribution < 1.29 is 9.59 Å². The number of anilines is 1. The van der Waals surface area contributed by atoms with Crippen LogP contribution < -0.4 is 5.32 Å². The van der Waals surface area contributed by atoms with Gasteiger partial charge in [0, 0.05) is 31.9 Å². The number of nitrogens with zero attached hydrogens (tertiary/aromatic N) is 1. The maximum absolute atomic E-state index is 13.7. The first-order chi connectivity index (χ1) is 17.0. The molecule has 0 aliphatic heterocycles. The lowest BCUT2D eigenvalue weighted by Gasteiger charge is -2.16. The molecule has 4 nitrogen and oxygen atoms in total. The number of benzene rings is 4. The molecule has 0 saturated carbocycles. The predicted molar refractivity (Wildman–Crippen MR) is 146 cm³/mol. The van der Waals surface area contributed by atoms with Crippen LogP contribution >= 0.6 is 23.4 Å². The molecule has 6 heteroatoms. The molecule has 1 unspecified atom stereocenters. The van der Waals surface area contributed by atoms with E-state index in [0.29, 0.717) is 22.7 Å². The maximum atomic E-state index is 13.7. The van der Waals surface area contributed by atoms with E-state index in [1.165, 1.54) is 11.8 Å². The molecule has 4 aromatic carbocycles. The van der Waals surface area contributed by atoms with Gasteiger partial charge in [-0.2, -0.15) is 0 Å². The first kappa shape index (κ1) is 23.2. The summed E-state index contributed by atoms with van der Waals surface area (Å²) in [6.45, 7) is 2.03.